The van der Waals surface area contributed by atoms with Gasteiger partial charge in [-0.15, -0.1) is 0 Å². The van der Waals surface area contributed by atoms with Gasteiger partial charge in [-0.1, -0.05) is 30.7 Å². The van der Waals surface area contributed by atoms with Crippen LogP contribution in [-0.2, 0) is 9.47 Å². The lowest BCUT2D eigenvalue weighted by Gasteiger charge is -2.37. The molecule has 0 bridgehead atoms. The molecule has 22 heavy (non-hydrogen) atoms. The summed E-state index contributed by atoms with van der Waals surface area (Å²) in [5.74, 6) is -0.264. The van der Waals surface area contributed by atoms with Crippen molar-refractivity contribution >= 4 is 0 Å². The molecule has 0 N–H and O–H groups in total. The molecule has 128 valence electrons. The fraction of sp³-hybridized carbons (Fsp3) is 0.800. The summed E-state index contributed by atoms with van der Waals surface area (Å²) >= 11 is 0. The zero-order valence-electron chi connectivity index (χ0n) is 14.8. The Bertz CT molecular complexity index is 277. The molecule has 0 aromatic rings. The van der Waals surface area contributed by atoms with Gasteiger partial charge in [0.25, 0.3) is 0 Å². The van der Waals surface area contributed by atoms with Gasteiger partial charge in [0.1, 0.15) is 0 Å². The second-order valence-corrected chi connectivity index (χ2v) is 6.30. The van der Waals surface area contributed by atoms with Crippen molar-refractivity contribution in [3.8, 4) is 0 Å². The molecule has 0 spiro atoms. The lowest BCUT2D eigenvalue weighted by atomic mass is 9.94. The van der Waals surface area contributed by atoms with Crippen molar-refractivity contribution in [3.63, 3.8) is 0 Å². The highest BCUT2D eigenvalue weighted by Crippen LogP contribution is 2.33. The van der Waals surface area contributed by atoms with Gasteiger partial charge in [0, 0.05) is 12.8 Å². The molecule has 0 aliphatic heterocycles. The van der Waals surface area contributed by atoms with E-state index in [1.807, 2.05) is 0 Å². The van der Waals surface area contributed by atoms with Crippen molar-refractivity contribution in [2.75, 3.05) is 13.2 Å². The predicted octanol–water partition coefficient (Wildman–Crippen LogP) is 6.17. The highest BCUT2D eigenvalue weighted by atomic mass is 16.7. The Balaban J connectivity index is 2.22. The molecule has 0 saturated heterocycles. The summed E-state index contributed by atoms with van der Waals surface area (Å²) in [5.41, 5.74) is 0. The smallest absolute Gasteiger partial charge is 0.168 e. The average molecular weight is 309 g/mol. The SMILES string of the molecule is C/C=C/CCCCOC1(OCCCC/C=C/C)CCCCC1. The van der Waals surface area contributed by atoms with Gasteiger partial charge in [-0.05, 0) is 65.2 Å². The normalized spacial score (nSPS) is 18.5. The zero-order chi connectivity index (χ0) is 15.9. The molecule has 0 amide bonds. The summed E-state index contributed by atoms with van der Waals surface area (Å²) in [4.78, 5) is 0. The molecule has 0 atom stereocenters. The summed E-state index contributed by atoms with van der Waals surface area (Å²) in [6, 6.07) is 0. The fourth-order valence-electron chi connectivity index (χ4n) is 3.00. The summed E-state index contributed by atoms with van der Waals surface area (Å²) in [5, 5.41) is 0. The van der Waals surface area contributed by atoms with E-state index in [4.69, 9.17) is 9.47 Å². The maximum Gasteiger partial charge on any atom is 0.168 e. The van der Waals surface area contributed by atoms with E-state index in [9.17, 15) is 0 Å². The Labute approximate surface area is 138 Å². The number of hydrogen-bond acceptors (Lipinski definition) is 2. The van der Waals surface area contributed by atoms with Crippen LogP contribution >= 0.6 is 0 Å². The van der Waals surface area contributed by atoms with E-state index < -0.39 is 0 Å². The van der Waals surface area contributed by atoms with Gasteiger partial charge in [0.05, 0.1) is 13.2 Å². The second-order valence-electron chi connectivity index (χ2n) is 6.30. The minimum Gasteiger partial charge on any atom is -0.350 e. The molecule has 0 aromatic carbocycles. The molecule has 1 aliphatic carbocycles. The Kier molecular flexibility index (Phi) is 11.4. The topological polar surface area (TPSA) is 18.5 Å². The Morgan fingerprint density at radius 3 is 1.68 bits per heavy atom. The van der Waals surface area contributed by atoms with Gasteiger partial charge in [0.15, 0.2) is 5.79 Å². The molecule has 1 aliphatic rings. The summed E-state index contributed by atoms with van der Waals surface area (Å²) in [7, 11) is 0. The van der Waals surface area contributed by atoms with Crippen LogP contribution in [0, 0.1) is 0 Å². The Morgan fingerprint density at radius 1 is 0.727 bits per heavy atom. The van der Waals surface area contributed by atoms with E-state index in [0.29, 0.717) is 0 Å². The van der Waals surface area contributed by atoms with Crippen LogP contribution in [0.5, 0.6) is 0 Å². The molecule has 2 heteroatoms. The van der Waals surface area contributed by atoms with Crippen molar-refractivity contribution in [1.29, 1.82) is 0 Å². The monoisotopic (exact) mass is 308 g/mol. The van der Waals surface area contributed by atoms with Crippen molar-refractivity contribution in [3.05, 3.63) is 24.3 Å². The van der Waals surface area contributed by atoms with Gasteiger partial charge in [-0.3, -0.25) is 0 Å². The number of hydrogen-bond donors (Lipinski definition) is 0. The summed E-state index contributed by atoms with van der Waals surface area (Å²) in [6.45, 7) is 5.85. The minimum atomic E-state index is -0.264. The standard InChI is InChI=1S/C20H36O2/c1-3-5-7-9-14-18-21-20(16-12-11-13-17-20)22-19-15-10-8-6-4-2/h3-6H,7-19H2,1-2H3/b5-3+,6-4+. The highest BCUT2D eigenvalue weighted by molar-refractivity contribution is 4.78. The quantitative estimate of drug-likeness (QED) is 0.244. The van der Waals surface area contributed by atoms with Crippen molar-refractivity contribution < 1.29 is 9.47 Å². The molecular formula is C20H36O2. The van der Waals surface area contributed by atoms with E-state index in [0.717, 1.165) is 38.9 Å². The van der Waals surface area contributed by atoms with E-state index in [-0.39, 0.29) is 5.79 Å². The molecule has 0 radical (unpaired) electrons. The molecular weight excluding hydrogens is 272 g/mol. The van der Waals surface area contributed by atoms with E-state index in [1.165, 1.54) is 44.9 Å². The largest absolute Gasteiger partial charge is 0.350 e. The molecule has 2 nitrogen and oxygen atoms in total. The van der Waals surface area contributed by atoms with Crippen LogP contribution in [0.3, 0.4) is 0 Å². The number of allylic oxidation sites excluding steroid dienone is 4. The van der Waals surface area contributed by atoms with Gasteiger partial charge in [-0.2, -0.15) is 0 Å². The molecule has 1 saturated carbocycles. The lowest BCUT2D eigenvalue weighted by Crippen LogP contribution is -2.38. The van der Waals surface area contributed by atoms with Gasteiger partial charge >= 0.3 is 0 Å². The third kappa shape index (κ3) is 8.75. The van der Waals surface area contributed by atoms with Crippen molar-refractivity contribution in [2.24, 2.45) is 0 Å². The molecule has 0 unspecified atom stereocenters. The first-order valence-corrected chi connectivity index (χ1v) is 9.33. The second kappa shape index (κ2) is 12.9. The van der Waals surface area contributed by atoms with E-state index in [1.54, 1.807) is 0 Å². The first-order valence-electron chi connectivity index (χ1n) is 9.33. The average Bonchev–Trinajstić information content (AvgIpc) is 2.55. The van der Waals surface area contributed by atoms with Crippen LogP contribution in [0.15, 0.2) is 24.3 Å². The fourth-order valence-corrected chi connectivity index (χ4v) is 3.00. The van der Waals surface area contributed by atoms with Crippen LogP contribution in [0.25, 0.3) is 0 Å². The van der Waals surface area contributed by atoms with Crippen LogP contribution < -0.4 is 0 Å². The molecule has 1 fully saturated rings. The Hall–Kier alpha value is -0.600. The van der Waals surface area contributed by atoms with Gasteiger partial charge in [0.2, 0.25) is 0 Å². The third-order valence-corrected chi connectivity index (χ3v) is 4.35. The molecule has 0 heterocycles. The van der Waals surface area contributed by atoms with Crippen molar-refractivity contribution in [2.45, 2.75) is 90.3 Å². The number of rotatable bonds is 12. The van der Waals surface area contributed by atoms with Crippen LogP contribution in [0.2, 0.25) is 0 Å². The summed E-state index contributed by atoms with van der Waals surface area (Å²) in [6.07, 6.45) is 21.7. The van der Waals surface area contributed by atoms with Crippen LogP contribution in [0.4, 0.5) is 0 Å². The van der Waals surface area contributed by atoms with Gasteiger partial charge in [-0.25, -0.2) is 0 Å². The maximum absolute atomic E-state index is 6.22. The van der Waals surface area contributed by atoms with Crippen LogP contribution in [-0.4, -0.2) is 19.0 Å². The van der Waals surface area contributed by atoms with Crippen LogP contribution in [0.1, 0.15) is 84.5 Å². The lowest BCUT2D eigenvalue weighted by molar-refractivity contribution is -0.253. The van der Waals surface area contributed by atoms with Crippen molar-refractivity contribution in [1.82, 2.24) is 0 Å². The predicted molar refractivity (Wildman–Crippen MR) is 95.1 cm³/mol. The first kappa shape index (κ1) is 19.4. The number of ether oxygens (including phenoxy) is 2. The van der Waals surface area contributed by atoms with E-state index in [2.05, 4.69) is 38.2 Å². The minimum absolute atomic E-state index is 0.264. The van der Waals surface area contributed by atoms with Gasteiger partial charge < -0.3 is 9.47 Å². The zero-order valence-corrected chi connectivity index (χ0v) is 14.8. The molecule has 0 aromatic heterocycles. The first-order chi connectivity index (χ1) is 10.8. The Morgan fingerprint density at radius 2 is 1.23 bits per heavy atom. The third-order valence-electron chi connectivity index (χ3n) is 4.35. The number of unbranched alkanes of at least 4 members (excludes halogenated alkanes) is 4. The summed E-state index contributed by atoms with van der Waals surface area (Å²) < 4.78 is 12.4. The van der Waals surface area contributed by atoms with E-state index >= 15 is 0 Å². The molecule has 1 rings (SSSR count). The highest BCUT2D eigenvalue weighted by Gasteiger charge is 2.33. The maximum atomic E-state index is 6.22.